The molecule has 0 saturated carbocycles. The van der Waals surface area contributed by atoms with Crippen LogP contribution in [0.3, 0.4) is 0 Å². The maximum atomic E-state index is 12.4. The minimum absolute atomic E-state index is 0.122. The van der Waals surface area contributed by atoms with Crippen LogP contribution in [0, 0.1) is 6.92 Å². The molecule has 24 heavy (non-hydrogen) atoms. The van der Waals surface area contributed by atoms with Gasteiger partial charge in [-0.3, -0.25) is 19.5 Å². The molecule has 3 heterocycles. The van der Waals surface area contributed by atoms with Gasteiger partial charge < -0.3 is 14.5 Å². The molecule has 8 heteroatoms. The summed E-state index contributed by atoms with van der Waals surface area (Å²) in [7, 11) is 0. The molecule has 0 spiro atoms. The molecule has 2 aliphatic heterocycles. The second-order valence-electron chi connectivity index (χ2n) is 6.10. The van der Waals surface area contributed by atoms with E-state index in [-0.39, 0.29) is 11.8 Å². The number of aromatic nitrogens is 2. The first kappa shape index (κ1) is 16.8. The predicted molar refractivity (Wildman–Crippen MR) is 86.5 cm³/mol. The molecule has 0 radical (unpaired) electrons. The number of hydrogen-bond acceptors (Lipinski definition) is 6. The van der Waals surface area contributed by atoms with E-state index in [0.717, 1.165) is 18.8 Å². The van der Waals surface area contributed by atoms with Gasteiger partial charge in [0, 0.05) is 45.5 Å². The second-order valence-corrected chi connectivity index (χ2v) is 6.10. The SMILES string of the molecule is Cc1cnc(C(=O)N2CCN(C(=O)CN3CCOCC3)CC2)cn1. The highest BCUT2D eigenvalue weighted by atomic mass is 16.5. The minimum atomic E-state index is -0.122. The van der Waals surface area contributed by atoms with Crippen molar-refractivity contribution < 1.29 is 14.3 Å². The number of carbonyl (C=O) groups is 2. The molecule has 0 N–H and O–H groups in total. The van der Waals surface area contributed by atoms with Crippen molar-refractivity contribution in [3.8, 4) is 0 Å². The maximum absolute atomic E-state index is 12.4. The van der Waals surface area contributed by atoms with E-state index in [2.05, 4.69) is 14.9 Å². The van der Waals surface area contributed by atoms with Gasteiger partial charge in [0.2, 0.25) is 5.91 Å². The quantitative estimate of drug-likeness (QED) is 0.735. The van der Waals surface area contributed by atoms with Gasteiger partial charge in [0.25, 0.3) is 5.91 Å². The number of ether oxygens (including phenoxy) is 1. The third-order valence-corrected chi connectivity index (χ3v) is 4.38. The lowest BCUT2D eigenvalue weighted by atomic mass is 10.2. The summed E-state index contributed by atoms with van der Waals surface area (Å²) < 4.78 is 5.29. The number of hydrogen-bond donors (Lipinski definition) is 0. The molecule has 0 unspecified atom stereocenters. The van der Waals surface area contributed by atoms with Gasteiger partial charge >= 0.3 is 0 Å². The summed E-state index contributed by atoms with van der Waals surface area (Å²) in [5.41, 5.74) is 1.14. The second kappa shape index (κ2) is 7.67. The van der Waals surface area contributed by atoms with Crippen molar-refractivity contribution in [3.05, 3.63) is 23.8 Å². The van der Waals surface area contributed by atoms with E-state index in [1.165, 1.54) is 6.20 Å². The summed E-state index contributed by atoms with van der Waals surface area (Å²) in [5, 5.41) is 0. The van der Waals surface area contributed by atoms with E-state index in [1.807, 2.05) is 11.8 Å². The van der Waals surface area contributed by atoms with E-state index >= 15 is 0 Å². The Hall–Kier alpha value is -2.06. The highest BCUT2D eigenvalue weighted by Crippen LogP contribution is 2.08. The van der Waals surface area contributed by atoms with Crippen molar-refractivity contribution in [1.29, 1.82) is 0 Å². The molecule has 3 rings (SSSR count). The van der Waals surface area contributed by atoms with E-state index in [9.17, 15) is 9.59 Å². The van der Waals surface area contributed by atoms with E-state index in [1.54, 1.807) is 11.1 Å². The van der Waals surface area contributed by atoms with Crippen molar-refractivity contribution in [3.63, 3.8) is 0 Å². The van der Waals surface area contributed by atoms with Gasteiger partial charge in [0.1, 0.15) is 5.69 Å². The van der Waals surface area contributed by atoms with Crippen LogP contribution >= 0.6 is 0 Å². The summed E-state index contributed by atoms with van der Waals surface area (Å²) in [5.74, 6) is 0.00176. The van der Waals surface area contributed by atoms with Crippen molar-refractivity contribution in [1.82, 2.24) is 24.7 Å². The predicted octanol–water partition coefficient (Wildman–Crippen LogP) is -0.598. The standard InChI is InChI=1S/C16H23N5O3/c1-13-10-18-14(11-17-13)16(23)21-4-2-20(3-5-21)15(22)12-19-6-8-24-9-7-19/h10-11H,2-9,12H2,1H3. The molecule has 2 saturated heterocycles. The average Bonchev–Trinajstić information content (AvgIpc) is 2.63. The third-order valence-electron chi connectivity index (χ3n) is 4.38. The molecule has 0 bridgehead atoms. The molecule has 1 aromatic heterocycles. The molecule has 130 valence electrons. The van der Waals surface area contributed by atoms with E-state index in [0.29, 0.717) is 51.6 Å². The number of aryl methyl sites for hydroxylation is 1. The van der Waals surface area contributed by atoms with Crippen LogP contribution in [0.25, 0.3) is 0 Å². The lowest BCUT2D eigenvalue weighted by Crippen LogP contribution is -2.53. The molecular formula is C16H23N5O3. The van der Waals surface area contributed by atoms with Crippen molar-refractivity contribution in [2.75, 3.05) is 59.0 Å². The maximum Gasteiger partial charge on any atom is 0.274 e. The first-order valence-electron chi connectivity index (χ1n) is 8.29. The van der Waals surface area contributed by atoms with Gasteiger partial charge in [-0.15, -0.1) is 0 Å². The number of amides is 2. The van der Waals surface area contributed by atoms with Crippen LogP contribution in [0.5, 0.6) is 0 Å². The Morgan fingerprint density at radius 3 is 2.29 bits per heavy atom. The monoisotopic (exact) mass is 333 g/mol. The highest BCUT2D eigenvalue weighted by Gasteiger charge is 2.26. The number of morpholine rings is 1. The van der Waals surface area contributed by atoms with Gasteiger partial charge in [0.15, 0.2) is 0 Å². The van der Waals surface area contributed by atoms with Gasteiger partial charge in [-0.05, 0) is 6.92 Å². The van der Waals surface area contributed by atoms with Crippen LogP contribution in [0.1, 0.15) is 16.2 Å². The Labute approximate surface area is 141 Å². The van der Waals surface area contributed by atoms with Crippen LogP contribution in [-0.4, -0.2) is 95.5 Å². The Balaban J connectivity index is 1.48. The molecule has 2 aliphatic rings. The molecule has 0 atom stereocenters. The Morgan fingerprint density at radius 1 is 1.00 bits per heavy atom. The summed E-state index contributed by atoms with van der Waals surface area (Å²) in [6.07, 6.45) is 3.10. The van der Waals surface area contributed by atoms with Gasteiger partial charge in [-0.2, -0.15) is 0 Å². The average molecular weight is 333 g/mol. The summed E-state index contributed by atoms with van der Waals surface area (Å²) in [4.78, 5) is 38.7. The fraction of sp³-hybridized carbons (Fsp3) is 0.625. The fourth-order valence-electron chi connectivity index (χ4n) is 2.87. The minimum Gasteiger partial charge on any atom is -0.379 e. The largest absolute Gasteiger partial charge is 0.379 e. The smallest absolute Gasteiger partial charge is 0.274 e. The molecule has 0 aliphatic carbocycles. The van der Waals surface area contributed by atoms with Crippen molar-refractivity contribution in [2.45, 2.75) is 6.92 Å². The zero-order valence-electron chi connectivity index (χ0n) is 14.0. The molecule has 2 amide bonds. The zero-order valence-corrected chi connectivity index (χ0v) is 14.0. The molecule has 1 aromatic rings. The topological polar surface area (TPSA) is 78.9 Å². The van der Waals surface area contributed by atoms with Gasteiger partial charge in [-0.1, -0.05) is 0 Å². The molecule has 2 fully saturated rings. The lowest BCUT2D eigenvalue weighted by Gasteiger charge is -2.36. The molecular weight excluding hydrogens is 310 g/mol. The normalized spacial score (nSPS) is 19.4. The van der Waals surface area contributed by atoms with Crippen molar-refractivity contribution >= 4 is 11.8 Å². The Kier molecular flexibility index (Phi) is 5.37. The van der Waals surface area contributed by atoms with E-state index in [4.69, 9.17) is 4.74 Å². The summed E-state index contributed by atoms with van der Waals surface area (Å²) >= 11 is 0. The van der Waals surface area contributed by atoms with Crippen LogP contribution in [0.15, 0.2) is 12.4 Å². The number of nitrogens with zero attached hydrogens (tertiary/aromatic N) is 5. The fourth-order valence-corrected chi connectivity index (χ4v) is 2.87. The first-order valence-corrected chi connectivity index (χ1v) is 8.29. The van der Waals surface area contributed by atoms with Crippen LogP contribution in [-0.2, 0) is 9.53 Å². The lowest BCUT2D eigenvalue weighted by molar-refractivity contribution is -0.134. The zero-order chi connectivity index (χ0) is 16.9. The number of carbonyl (C=O) groups excluding carboxylic acids is 2. The third kappa shape index (κ3) is 4.07. The Bertz CT molecular complexity index is 578. The number of rotatable bonds is 3. The van der Waals surface area contributed by atoms with Crippen molar-refractivity contribution in [2.24, 2.45) is 0 Å². The van der Waals surface area contributed by atoms with Gasteiger partial charge in [0.05, 0.1) is 31.6 Å². The summed E-state index contributed by atoms with van der Waals surface area (Å²) in [6.45, 7) is 7.43. The first-order chi connectivity index (χ1) is 11.6. The van der Waals surface area contributed by atoms with Crippen LogP contribution in [0.4, 0.5) is 0 Å². The molecule has 8 nitrogen and oxygen atoms in total. The Morgan fingerprint density at radius 2 is 1.67 bits per heavy atom. The highest BCUT2D eigenvalue weighted by molar-refractivity contribution is 5.92. The summed E-state index contributed by atoms with van der Waals surface area (Å²) in [6, 6.07) is 0. The van der Waals surface area contributed by atoms with E-state index < -0.39 is 0 Å². The van der Waals surface area contributed by atoms with Gasteiger partial charge in [-0.25, -0.2) is 4.98 Å². The van der Waals surface area contributed by atoms with Crippen LogP contribution < -0.4 is 0 Å². The van der Waals surface area contributed by atoms with Crippen LogP contribution in [0.2, 0.25) is 0 Å². The number of piperazine rings is 1. The molecule has 0 aromatic carbocycles.